The molecule has 0 radical (unpaired) electrons. The van der Waals surface area contributed by atoms with Crippen LogP contribution in [-0.2, 0) is 9.59 Å². The highest BCUT2D eigenvalue weighted by molar-refractivity contribution is 9.10. The van der Waals surface area contributed by atoms with E-state index in [1.165, 1.54) is 12.3 Å². The molecule has 0 aliphatic rings. The van der Waals surface area contributed by atoms with Gasteiger partial charge in [0.05, 0.1) is 6.21 Å². The molecule has 8 heteroatoms. The van der Waals surface area contributed by atoms with Crippen LogP contribution in [0.15, 0.2) is 88.4 Å². The lowest BCUT2D eigenvalue weighted by molar-refractivity contribution is -0.129. The van der Waals surface area contributed by atoms with E-state index in [2.05, 4.69) is 31.8 Å². The second kappa shape index (κ2) is 12.1. The number of halogens is 1. The van der Waals surface area contributed by atoms with E-state index >= 15 is 0 Å². The van der Waals surface area contributed by atoms with Crippen LogP contribution in [0.3, 0.4) is 0 Å². The van der Waals surface area contributed by atoms with E-state index in [1.807, 2.05) is 51.1 Å². The molecule has 36 heavy (non-hydrogen) atoms. The Bertz CT molecular complexity index is 1290. The zero-order valence-corrected chi connectivity index (χ0v) is 21.7. The fraction of sp³-hybridized carbons (Fsp3) is 0.143. The van der Waals surface area contributed by atoms with Gasteiger partial charge in [-0.1, -0.05) is 67.0 Å². The Morgan fingerprint density at radius 3 is 2.31 bits per heavy atom. The summed E-state index contributed by atoms with van der Waals surface area (Å²) < 4.78 is 6.20. The predicted octanol–water partition coefficient (Wildman–Crippen LogP) is 5.82. The van der Waals surface area contributed by atoms with Crippen molar-refractivity contribution >= 4 is 51.7 Å². The van der Waals surface area contributed by atoms with Gasteiger partial charge < -0.3 is 10.1 Å². The quantitative estimate of drug-likeness (QED) is 0.128. The largest absolute Gasteiger partial charge is 0.423 e. The molecule has 0 unspecified atom stereocenters. The fourth-order valence-corrected chi connectivity index (χ4v) is 3.21. The highest BCUT2D eigenvalue weighted by Gasteiger charge is 2.21. The van der Waals surface area contributed by atoms with Crippen LogP contribution < -0.4 is 15.5 Å². The summed E-state index contributed by atoms with van der Waals surface area (Å²) in [6.45, 7) is 5.46. The fourth-order valence-electron chi connectivity index (χ4n) is 2.83. The van der Waals surface area contributed by atoms with Gasteiger partial charge in [0.25, 0.3) is 5.91 Å². The number of rotatable bonds is 7. The number of esters is 1. The first-order valence-corrected chi connectivity index (χ1v) is 11.9. The Labute approximate surface area is 218 Å². The van der Waals surface area contributed by atoms with Crippen LogP contribution in [0, 0.1) is 5.41 Å². The van der Waals surface area contributed by atoms with Crippen LogP contribution >= 0.6 is 15.9 Å². The molecule has 2 N–H and O–H groups in total. The second-order valence-corrected chi connectivity index (χ2v) is 9.74. The Morgan fingerprint density at radius 1 is 0.944 bits per heavy atom. The smallest absolute Gasteiger partial charge is 0.336 e. The molecule has 0 aliphatic carbocycles. The minimum atomic E-state index is -0.543. The average molecular weight is 548 g/mol. The molecule has 0 saturated heterocycles. The molecule has 184 valence electrons. The third-order valence-electron chi connectivity index (χ3n) is 4.85. The van der Waals surface area contributed by atoms with Crippen LogP contribution in [0.4, 0.5) is 5.69 Å². The average Bonchev–Trinajstić information content (AvgIpc) is 2.85. The van der Waals surface area contributed by atoms with Gasteiger partial charge in [-0.3, -0.25) is 9.59 Å². The number of amides is 2. The van der Waals surface area contributed by atoms with Crippen LogP contribution in [0.2, 0.25) is 0 Å². The zero-order chi connectivity index (χ0) is 26.1. The molecule has 3 aromatic carbocycles. The van der Waals surface area contributed by atoms with Crippen LogP contribution in [0.25, 0.3) is 6.08 Å². The van der Waals surface area contributed by atoms with Crippen LogP contribution in [-0.4, -0.2) is 24.0 Å². The number of ether oxygens (including phenoxy) is 1. The molecule has 3 rings (SSSR count). The highest BCUT2D eigenvalue weighted by Crippen LogP contribution is 2.22. The molecule has 3 aromatic rings. The minimum absolute atomic E-state index is 0.120. The molecular weight excluding hydrogens is 522 g/mol. The summed E-state index contributed by atoms with van der Waals surface area (Å²) in [5, 5.41) is 6.81. The van der Waals surface area contributed by atoms with Gasteiger partial charge in [-0.15, -0.1) is 0 Å². The van der Waals surface area contributed by atoms with E-state index in [0.717, 1.165) is 10.0 Å². The number of carbonyl (C=O) groups is 3. The maximum Gasteiger partial charge on any atom is 0.336 e. The molecule has 0 saturated carbocycles. The molecule has 0 bridgehead atoms. The van der Waals surface area contributed by atoms with Gasteiger partial charge in [-0.2, -0.15) is 5.10 Å². The van der Waals surface area contributed by atoms with Crippen molar-refractivity contribution in [1.82, 2.24) is 5.43 Å². The van der Waals surface area contributed by atoms with Gasteiger partial charge >= 0.3 is 5.97 Å². The second-order valence-electron chi connectivity index (χ2n) is 8.83. The summed E-state index contributed by atoms with van der Waals surface area (Å²) in [5.74, 6) is -0.805. The molecule has 0 aliphatic heterocycles. The number of carbonyl (C=O) groups excluding carboxylic acids is 3. The first-order valence-electron chi connectivity index (χ1n) is 11.1. The maximum absolute atomic E-state index is 12.5. The summed E-state index contributed by atoms with van der Waals surface area (Å²) in [6.07, 6.45) is 4.40. The van der Waals surface area contributed by atoms with E-state index in [4.69, 9.17) is 4.74 Å². The molecule has 0 aromatic heterocycles. The molecule has 0 atom stereocenters. The van der Waals surface area contributed by atoms with Crippen molar-refractivity contribution in [3.05, 3.63) is 100 Å². The van der Waals surface area contributed by atoms with Crippen molar-refractivity contribution in [2.75, 3.05) is 5.32 Å². The van der Waals surface area contributed by atoms with Gasteiger partial charge in [0.2, 0.25) is 5.91 Å². The first-order chi connectivity index (χ1) is 17.1. The van der Waals surface area contributed by atoms with Crippen molar-refractivity contribution in [3.8, 4) is 5.75 Å². The standard InChI is InChI=1S/C28H26BrN3O4/c1-28(2,3)27(35)31-23-13-10-20(11-14-23)26(34)32-30-18-21-17-22(29)12-15-24(21)36-25(33)16-9-19-7-5-4-6-8-19/h4-18H,1-3H3,(H,31,35)(H,32,34)/b16-9+,30-18-. The predicted molar refractivity (Wildman–Crippen MR) is 145 cm³/mol. The number of hydrazone groups is 1. The lowest BCUT2D eigenvalue weighted by Gasteiger charge is -2.17. The van der Waals surface area contributed by atoms with E-state index in [0.29, 0.717) is 16.8 Å². The van der Waals surface area contributed by atoms with Crippen molar-refractivity contribution in [2.24, 2.45) is 10.5 Å². The number of benzene rings is 3. The Morgan fingerprint density at radius 2 is 1.64 bits per heavy atom. The van der Waals surface area contributed by atoms with Gasteiger partial charge in [0.15, 0.2) is 0 Å². The monoisotopic (exact) mass is 547 g/mol. The molecule has 0 heterocycles. The number of nitrogens with zero attached hydrogens (tertiary/aromatic N) is 1. The topological polar surface area (TPSA) is 96.9 Å². The summed E-state index contributed by atoms with van der Waals surface area (Å²) in [7, 11) is 0. The Hall–Kier alpha value is -4.04. The SMILES string of the molecule is CC(C)(C)C(=O)Nc1ccc(C(=O)N/N=C\c2cc(Br)ccc2OC(=O)/C=C/c2ccccc2)cc1. The van der Waals surface area contributed by atoms with Crippen molar-refractivity contribution in [3.63, 3.8) is 0 Å². The van der Waals surface area contributed by atoms with Crippen LogP contribution in [0.5, 0.6) is 5.75 Å². The van der Waals surface area contributed by atoms with E-state index in [1.54, 1.807) is 48.5 Å². The summed E-state index contributed by atoms with van der Waals surface area (Å²) in [6, 6.07) is 21.0. The van der Waals surface area contributed by atoms with Crippen molar-refractivity contribution in [1.29, 1.82) is 0 Å². The third kappa shape index (κ3) is 8.02. The molecule has 0 spiro atoms. The number of hydrogen-bond acceptors (Lipinski definition) is 5. The van der Waals surface area contributed by atoms with Gasteiger partial charge in [-0.05, 0) is 54.1 Å². The Kier molecular flexibility index (Phi) is 8.91. The van der Waals surface area contributed by atoms with Crippen molar-refractivity contribution < 1.29 is 19.1 Å². The lowest BCUT2D eigenvalue weighted by Crippen LogP contribution is -2.27. The maximum atomic E-state index is 12.5. The summed E-state index contributed by atoms with van der Waals surface area (Å²) in [5.41, 5.74) is 4.26. The molecule has 7 nitrogen and oxygen atoms in total. The number of nitrogens with one attached hydrogen (secondary N) is 2. The lowest BCUT2D eigenvalue weighted by atomic mass is 9.95. The summed E-state index contributed by atoms with van der Waals surface area (Å²) >= 11 is 3.38. The Balaban J connectivity index is 1.62. The molecule has 0 fully saturated rings. The summed E-state index contributed by atoms with van der Waals surface area (Å²) in [4.78, 5) is 36.8. The highest BCUT2D eigenvalue weighted by atomic mass is 79.9. The van der Waals surface area contributed by atoms with Crippen molar-refractivity contribution in [2.45, 2.75) is 20.8 Å². The van der Waals surface area contributed by atoms with Crippen LogP contribution in [0.1, 0.15) is 42.3 Å². The molecule has 2 amide bonds. The number of anilines is 1. The molecular formula is C28H26BrN3O4. The first kappa shape index (κ1) is 26.6. The van der Waals surface area contributed by atoms with E-state index in [-0.39, 0.29) is 11.7 Å². The van der Waals surface area contributed by atoms with Gasteiger partial charge in [-0.25, -0.2) is 10.2 Å². The zero-order valence-electron chi connectivity index (χ0n) is 20.1. The van der Waals surface area contributed by atoms with Gasteiger partial charge in [0, 0.05) is 32.8 Å². The van der Waals surface area contributed by atoms with E-state index in [9.17, 15) is 14.4 Å². The van der Waals surface area contributed by atoms with E-state index < -0.39 is 17.3 Å². The number of hydrogen-bond donors (Lipinski definition) is 2. The minimum Gasteiger partial charge on any atom is -0.423 e. The normalized spacial score (nSPS) is 11.4. The third-order valence-corrected chi connectivity index (χ3v) is 5.34. The van der Waals surface area contributed by atoms with Gasteiger partial charge in [0.1, 0.15) is 5.75 Å².